The molecular formula is C6H2S4-4. The molecule has 0 heterocycles. The summed E-state index contributed by atoms with van der Waals surface area (Å²) < 4.78 is 0. The maximum absolute atomic E-state index is 4.88. The first kappa shape index (κ1) is 8.20. The molecule has 0 saturated carbocycles. The van der Waals surface area contributed by atoms with Crippen LogP contribution in [0.1, 0.15) is 0 Å². The lowest BCUT2D eigenvalue weighted by Crippen LogP contribution is -1.84. The first-order valence-electron chi connectivity index (χ1n) is 2.47. The zero-order valence-corrected chi connectivity index (χ0v) is 8.05. The summed E-state index contributed by atoms with van der Waals surface area (Å²) in [4.78, 5) is 2.48. The van der Waals surface area contributed by atoms with E-state index in [2.05, 4.69) is 0 Å². The Morgan fingerprint density at radius 2 is 0.800 bits per heavy atom. The van der Waals surface area contributed by atoms with Crippen LogP contribution in [0.2, 0.25) is 0 Å². The minimum Gasteiger partial charge on any atom is -0.781 e. The van der Waals surface area contributed by atoms with Crippen molar-refractivity contribution in [3.63, 3.8) is 0 Å². The topological polar surface area (TPSA) is 0 Å². The highest BCUT2D eigenvalue weighted by molar-refractivity contribution is 7.63. The summed E-state index contributed by atoms with van der Waals surface area (Å²) in [6.45, 7) is 0. The summed E-state index contributed by atoms with van der Waals surface area (Å²) in [6, 6.07) is 3.32. The quantitative estimate of drug-likeness (QED) is 0.582. The van der Waals surface area contributed by atoms with Crippen molar-refractivity contribution in [3.05, 3.63) is 12.1 Å². The van der Waals surface area contributed by atoms with Crippen LogP contribution in [-0.2, 0) is 50.5 Å². The fourth-order valence-electron chi connectivity index (χ4n) is 0.523. The van der Waals surface area contributed by atoms with Crippen molar-refractivity contribution >= 4 is 50.5 Å². The molecule has 0 nitrogen and oxygen atoms in total. The predicted molar refractivity (Wildman–Crippen MR) is 49.0 cm³/mol. The first-order valence-corrected chi connectivity index (χ1v) is 4.10. The monoisotopic (exact) mass is 202 g/mol. The van der Waals surface area contributed by atoms with E-state index >= 15 is 0 Å². The molecule has 4 heteroatoms. The van der Waals surface area contributed by atoms with Gasteiger partial charge < -0.3 is 50.5 Å². The molecule has 0 N–H and O–H groups in total. The highest BCUT2D eigenvalue weighted by Crippen LogP contribution is 2.15. The van der Waals surface area contributed by atoms with E-state index in [1.165, 1.54) is 0 Å². The van der Waals surface area contributed by atoms with Crippen molar-refractivity contribution in [1.82, 2.24) is 0 Å². The van der Waals surface area contributed by atoms with Gasteiger partial charge in [-0.25, -0.2) is 0 Å². The highest BCUT2D eigenvalue weighted by Gasteiger charge is 1.75. The molecule has 0 bridgehead atoms. The number of benzene rings is 1. The van der Waals surface area contributed by atoms with Gasteiger partial charge in [-0.15, -0.1) is 12.1 Å². The van der Waals surface area contributed by atoms with Gasteiger partial charge in [-0.05, 0) is 0 Å². The maximum atomic E-state index is 4.88. The molecule has 0 atom stereocenters. The molecule has 54 valence electrons. The number of hydrogen-bond acceptors (Lipinski definition) is 4. The van der Waals surface area contributed by atoms with Gasteiger partial charge in [-0.1, -0.05) is 0 Å². The van der Waals surface area contributed by atoms with E-state index in [9.17, 15) is 0 Å². The Balaban J connectivity index is 3.28. The maximum Gasteiger partial charge on any atom is -0.104 e. The summed E-state index contributed by atoms with van der Waals surface area (Å²) in [6.07, 6.45) is 0. The molecule has 1 aromatic carbocycles. The smallest absolute Gasteiger partial charge is 0.104 e. The third-order valence-corrected chi connectivity index (χ3v) is 2.62. The van der Waals surface area contributed by atoms with Crippen LogP contribution in [0.25, 0.3) is 0 Å². The van der Waals surface area contributed by atoms with E-state index in [1.54, 1.807) is 12.1 Å². The average Bonchev–Trinajstić information content (AvgIpc) is 1.84. The second-order valence-corrected chi connectivity index (χ2v) is 3.50. The molecule has 1 rings (SSSR count). The van der Waals surface area contributed by atoms with E-state index in [4.69, 9.17) is 50.5 Å². The molecule has 0 unspecified atom stereocenters. The lowest BCUT2D eigenvalue weighted by atomic mass is 10.3. The van der Waals surface area contributed by atoms with E-state index in [0.717, 1.165) is 0 Å². The van der Waals surface area contributed by atoms with Crippen LogP contribution in [0.3, 0.4) is 0 Å². The van der Waals surface area contributed by atoms with Gasteiger partial charge in [0.05, 0.1) is 0 Å². The number of hydrogen-bond donors (Lipinski definition) is 0. The minimum atomic E-state index is 0.619. The van der Waals surface area contributed by atoms with Crippen molar-refractivity contribution in [2.75, 3.05) is 0 Å². The molecule has 0 aliphatic heterocycles. The summed E-state index contributed by atoms with van der Waals surface area (Å²) in [7, 11) is 0. The second kappa shape index (κ2) is 3.00. The van der Waals surface area contributed by atoms with Gasteiger partial charge in [0.25, 0.3) is 0 Å². The van der Waals surface area contributed by atoms with E-state index < -0.39 is 0 Å². The van der Waals surface area contributed by atoms with E-state index in [0.29, 0.717) is 19.6 Å². The highest BCUT2D eigenvalue weighted by atomic mass is 32.1. The largest absolute Gasteiger partial charge is 0.781 e. The van der Waals surface area contributed by atoms with Gasteiger partial charge in [0.2, 0.25) is 0 Å². The van der Waals surface area contributed by atoms with Crippen molar-refractivity contribution < 1.29 is 0 Å². The van der Waals surface area contributed by atoms with Crippen molar-refractivity contribution in [2.45, 2.75) is 19.6 Å². The standard InChI is InChI=1S/C6H6S4/c7-3-1-4(8)6(10)2-5(3)9/h1-2,7-10H/p-4. The molecule has 0 aromatic heterocycles. The molecule has 0 saturated heterocycles. The van der Waals surface area contributed by atoms with Crippen molar-refractivity contribution in [1.29, 1.82) is 0 Å². The Labute approximate surface area is 82.1 Å². The molecule has 0 radical (unpaired) electrons. The zero-order chi connectivity index (χ0) is 7.72. The van der Waals surface area contributed by atoms with Gasteiger partial charge >= 0.3 is 0 Å². The van der Waals surface area contributed by atoms with Gasteiger partial charge in [0.15, 0.2) is 0 Å². The Bertz CT molecular complexity index is 206. The lowest BCUT2D eigenvalue weighted by molar-refractivity contribution is 1.10. The molecule has 0 fully saturated rings. The molecule has 1 aromatic rings. The summed E-state index contributed by atoms with van der Waals surface area (Å²) >= 11 is 19.5. The SMILES string of the molecule is [S-]c1cc([S-])c([S-])cc1[S-]. The Morgan fingerprint density at radius 3 is 1.00 bits per heavy atom. The molecular weight excluding hydrogens is 200 g/mol. The first-order chi connectivity index (χ1) is 4.61. The summed E-state index contributed by atoms with van der Waals surface area (Å²) in [5.41, 5.74) is 0. The molecule has 10 heavy (non-hydrogen) atoms. The van der Waals surface area contributed by atoms with Gasteiger partial charge in [-0.3, -0.25) is 0 Å². The van der Waals surface area contributed by atoms with Crippen LogP contribution in [-0.4, -0.2) is 0 Å². The van der Waals surface area contributed by atoms with E-state index in [-0.39, 0.29) is 0 Å². The minimum absolute atomic E-state index is 0.619. The Morgan fingerprint density at radius 1 is 0.600 bits per heavy atom. The average molecular weight is 202 g/mol. The third-order valence-electron chi connectivity index (χ3n) is 1.01. The number of rotatable bonds is 0. The zero-order valence-electron chi connectivity index (χ0n) is 4.79. The molecule has 0 amide bonds. The van der Waals surface area contributed by atoms with Crippen LogP contribution in [0.4, 0.5) is 0 Å². The molecule has 0 aliphatic carbocycles. The Hall–Kier alpha value is 0.100. The third kappa shape index (κ3) is 1.58. The lowest BCUT2D eigenvalue weighted by Gasteiger charge is -2.29. The normalized spacial score (nSPS) is 9.60. The summed E-state index contributed by atoms with van der Waals surface area (Å²) in [5.74, 6) is 0. The van der Waals surface area contributed by atoms with Crippen LogP contribution >= 0.6 is 0 Å². The van der Waals surface area contributed by atoms with Gasteiger partial charge in [-0.2, -0.15) is 19.6 Å². The summed E-state index contributed by atoms with van der Waals surface area (Å²) in [5, 5.41) is 0. The van der Waals surface area contributed by atoms with Crippen molar-refractivity contribution in [2.24, 2.45) is 0 Å². The van der Waals surface area contributed by atoms with Crippen LogP contribution in [0, 0.1) is 0 Å². The van der Waals surface area contributed by atoms with E-state index in [1.807, 2.05) is 0 Å². The van der Waals surface area contributed by atoms with Crippen LogP contribution in [0.15, 0.2) is 31.7 Å². The fourth-order valence-corrected chi connectivity index (χ4v) is 1.38. The second-order valence-electron chi connectivity index (χ2n) is 1.75. The van der Waals surface area contributed by atoms with Crippen LogP contribution < -0.4 is 0 Å². The van der Waals surface area contributed by atoms with Crippen molar-refractivity contribution in [3.8, 4) is 0 Å². The predicted octanol–water partition coefficient (Wildman–Crippen LogP) is 1.31. The van der Waals surface area contributed by atoms with Crippen LogP contribution in [0.5, 0.6) is 0 Å². The van der Waals surface area contributed by atoms with Gasteiger partial charge in [0.1, 0.15) is 0 Å². The molecule has 0 spiro atoms. The molecule has 0 aliphatic rings. The van der Waals surface area contributed by atoms with Gasteiger partial charge in [0, 0.05) is 0 Å². The fraction of sp³-hybridized carbons (Fsp3) is 0. The Kier molecular flexibility index (Phi) is 2.46.